The number of hydrogen-bond donors (Lipinski definition) is 3. The van der Waals surface area contributed by atoms with Crippen LogP contribution in [0.1, 0.15) is 0 Å². The lowest BCUT2D eigenvalue weighted by Gasteiger charge is -2.09. The molecule has 7 heteroatoms. The number of ether oxygens (including phenoxy) is 2. The summed E-state index contributed by atoms with van der Waals surface area (Å²) in [7, 11) is 0. The molecule has 0 saturated carbocycles. The van der Waals surface area contributed by atoms with Crippen LogP contribution in [-0.2, 0) is 9.53 Å². The van der Waals surface area contributed by atoms with E-state index in [1.807, 2.05) is 30.3 Å². The van der Waals surface area contributed by atoms with Crippen LogP contribution in [0.15, 0.2) is 30.3 Å². The molecule has 0 aliphatic heterocycles. The zero-order chi connectivity index (χ0) is 14.6. The van der Waals surface area contributed by atoms with Gasteiger partial charge in [0.15, 0.2) is 0 Å². The van der Waals surface area contributed by atoms with Gasteiger partial charge in [0.25, 0.3) is 0 Å². The summed E-state index contributed by atoms with van der Waals surface area (Å²) in [6.45, 7) is 0.775. The Labute approximate surface area is 116 Å². The highest BCUT2D eigenvalue weighted by Gasteiger charge is 2.00. The summed E-state index contributed by atoms with van der Waals surface area (Å²) >= 11 is 0. The highest BCUT2D eigenvalue weighted by atomic mass is 16.5. The molecule has 0 unspecified atom stereocenters. The van der Waals surface area contributed by atoms with E-state index < -0.39 is 5.97 Å². The minimum absolute atomic E-state index is 0.153. The molecule has 1 rings (SSSR count). The smallest absolute Gasteiger partial charge is 0.329 e. The molecule has 0 aliphatic rings. The number of urea groups is 1. The van der Waals surface area contributed by atoms with Gasteiger partial charge in [-0.25, -0.2) is 9.59 Å². The summed E-state index contributed by atoms with van der Waals surface area (Å²) in [5, 5.41) is 13.5. The van der Waals surface area contributed by atoms with Crippen molar-refractivity contribution in [1.82, 2.24) is 10.6 Å². The third-order valence-corrected chi connectivity index (χ3v) is 2.16. The van der Waals surface area contributed by atoms with Gasteiger partial charge in [-0.2, -0.15) is 0 Å². The number of benzene rings is 1. The maximum atomic E-state index is 11.3. The fourth-order valence-corrected chi connectivity index (χ4v) is 1.31. The predicted molar refractivity (Wildman–Crippen MR) is 71.8 cm³/mol. The van der Waals surface area contributed by atoms with Crippen molar-refractivity contribution in [3.8, 4) is 5.75 Å². The number of aliphatic carboxylic acids is 1. The molecule has 0 atom stereocenters. The first kappa shape index (κ1) is 15.8. The van der Waals surface area contributed by atoms with Crippen LogP contribution in [0.4, 0.5) is 4.79 Å². The van der Waals surface area contributed by atoms with Crippen LogP contribution in [0.2, 0.25) is 0 Å². The number of amides is 2. The molecule has 20 heavy (non-hydrogen) atoms. The lowest BCUT2D eigenvalue weighted by molar-refractivity contribution is -0.142. The van der Waals surface area contributed by atoms with Crippen molar-refractivity contribution < 1.29 is 24.2 Å². The maximum Gasteiger partial charge on any atom is 0.329 e. The summed E-state index contributed by atoms with van der Waals surface area (Å²) in [5.74, 6) is -0.288. The molecular formula is C13H18N2O5. The van der Waals surface area contributed by atoms with Crippen LogP contribution in [-0.4, -0.2) is 50.0 Å². The Morgan fingerprint density at radius 3 is 2.35 bits per heavy atom. The van der Waals surface area contributed by atoms with Gasteiger partial charge in [0.1, 0.15) is 19.0 Å². The van der Waals surface area contributed by atoms with E-state index in [-0.39, 0.29) is 25.8 Å². The second-order valence-electron chi connectivity index (χ2n) is 3.79. The van der Waals surface area contributed by atoms with E-state index >= 15 is 0 Å². The SMILES string of the molecule is O=C(O)COCCNC(=O)NCCOc1ccccc1. The second-order valence-corrected chi connectivity index (χ2v) is 3.79. The summed E-state index contributed by atoms with van der Waals surface area (Å²) in [4.78, 5) is 21.5. The van der Waals surface area contributed by atoms with E-state index in [0.29, 0.717) is 13.2 Å². The Balaban J connectivity index is 1.96. The van der Waals surface area contributed by atoms with Crippen molar-refractivity contribution in [1.29, 1.82) is 0 Å². The molecule has 0 heterocycles. The molecule has 0 saturated heterocycles. The average molecular weight is 282 g/mol. The minimum Gasteiger partial charge on any atom is -0.492 e. The van der Waals surface area contributed by atoms with Crippen molar-refractivity contribution in [2.75, 3.05) is 32.9 Å². The number of nitrogens with one attached hydrogen (secondary N) is 2. The standard InChI is InChI=1S/C13H18N2O5/c16-12(17)10-19-8-6-14-13(18)15-7-9-20-11-4-2-1-3-5-11/h1-5H,6-10H2,(H,16,17)(H2,14,15,18). The Kier molecular flexibility index (Phi) is 7.59. The highest BCUT2D eigenvalue weighted by Crippen LogP contribution is 2.07. The van der Waals surface area contributed by atoms with E-state index in [2.05, 4.69) is 10.6 Å². The van der Waals surface area contributed by atoms with Gasteiger partial charge in [0.05, 0.1) is 13.2 Å². The second kappa shape index (κ2) is 9.62. The number of carbonyl (C=O) groups is 2. The number of carbonyl (C=O) groups excluding carboxylic acids is 1. The van der Waals surface area contributed by atoms with E-state index in [1.165, 1.54) is 0 Å². The van der Waals surface area contributed by atoms with E-state index in [4.69, 9.17) is 14.6 Å². The fraction of sp³-hybridized carbons (Fsp3) is 0.385. The molecule has 110 valence electrons. The Bertz CT molecular complexity index is 410. The van der Waals surface area contributed by atoms with Crippen LogP contribution < -0.4 is 15.4 Å². The maximum absolute atomic E-state index is 11.3. The molecule has 1 aromatic rings. The molecular weight excluding hydrogens is 264 g/mol. The van der Waals surface area contributed by atoms with Gasteiger partial charge in [-0.1, -0.05) is 18.2 Å². The third kappa shape index (κ3) is 7.93. The summed E-state index contributed by atoms with van der Waals surface area (Å²) in [6, 6.07) is 8.95. The Morgan fingerprint density at radius 2 is 1.70 bits per heavy atom. The number of para-hydroxylation sites is 1. The van der Waals surface area contributed by atoms with Gasteiger partial charge >= 0.3 is 12.0 Å². The minimum atomic E-state index is -1.03. The zero-order valence-corrected chi connectivity index (χ0v) is 11.0. The third-order valence-electron chi connectivity index (χ3n) is 2.16. The van der Waals surface area contributed by atoms with Crippen LogP contribution in [0.5, 0.6) is 5.75 Å². The molecule has 0 spiro atoms. The number of carboxylic acid groups (broad SMARTS) is 1. The van der Waals surface area contributed by atoms with Crippen molar-refractivity contribution in [3.05, 3.63) is 30.3 Å². The van der Waals surface area contributed by atoms with Gasteiger partial charge in [-0.3, -0.25) is 0 Å². The molecule has 0 bridgehead atoms. The summed E-state index contributed by atoms with van der Waals surface area (Å²) in [5.41, 5.74) is 0. The normalized spacial score (nSPS) is 9.80. The Hall–Kier alpha value is -2.28. The van der Waals surface area contributed by atoms with Crippen LogP contribution >= 0.6 is 0 Å². The molecule has 7 nitrogen and oxygen atoms in total. The van der Waals surface area contributed by atoms with Crippen LogP contribution in [0, 0.1) is 0 Å². The van der Waals surface area contributed by atoms with Crippen molar-refractivity contribution >= 4 is 12.0 Å². The van der Waals surface area contributed by atoms with Gasteiger partial charge in [0.2, 0.25) is 0 Å². The highest BCUT2D eigenvalue weighted by molar-refractivity contribution is 5.73. The molecule has 0 fully saturated rings. The van der Waals surface area contributed by atoms with Crippen molar-refractivity contribution in [3.63, 3.8) is 0 Å². The van der Waals surface area contributed by atoms with Crippen LogP contribution in [0.25, 0.3) is 0 Å². The summed E-state index contributed by atoms with van der Waals surface area (Å²) < 4.78 is 10.2. The quantitative estimate of drug-likeness (QED) is 0.572. The molecule has 0 aliphatic carbocycles. The topological polar surface area (TPSA) is 96.9 Å². The lowest BCUT2D eigenvalue weighted by atomic mass is 10.3. The van der Waals surface area contributed by atoms with Gasteiger partial charge in [-0.05, 0) is 12.1 Å². The fourth-order valence-electron chi connectivity index (χ4n) is 1.31. The number of carboxylic acids is 1. The first-order valence-corrected chi connectivity index (χ1v) is 6.17. The van der Waals surface area contributed by atoms with Gasteiger partial charge in [-0.15, -0.1) is 0 Å². The molecule has 1 aromatic carbocycles. The van der Waals surface area contributed by atoms with Crippen molar-refractivity contribution in [2.24, 2.45) is 0 Å². The van der Waals surface area contributed by atoms with E-state index in [1.54, 1.807) is 0 Å². The average Bonchev–Trinajstić information content (AvgIpc) is 2.44. The first-order chi connectivity index (χ1) is 9.68. The molecule has 0 radical (unpaired) electrons. The lowest BCUT2D eigenvalue weighted by Crippen LogP contribution is -2.39. The zero-order valence-electron chi connectivity index (χ0n) is 11.0. The molecule has 3 N–H and O–H groups in total. The first-order valence-electron chi connectivity index (χ1n) is 6.17. The predicted octanol–water partition coefficient (Wildman–Crippen LogP) is 0.466. The van der Waals surface area contributed by atoms with E-state index in [9.17, 15) is 9.59 Å². The largest absolute Gasteiger partial charge is 0.492 e. The van der Waals surface area contributed by atoms with E-state index in [0.717, 1.165) is 5.75 Å². The van der Waals surface area contributed by atoms with Gasteiger partial charge < -0.3 is 25.2 Å². The van der Waals surface area contributed by atoms with Crippen molar-refractivity contribution in [2.45, 2.75) is 0 Å². The Morgan fingerprint density at radius 1 is 1.05 bits per heavy atom. The molecule has 0 aromatic heterocycles. The summed E-state index contributed by atoms with van der Waals surface area (Å²) in [6.07, 6.45) is 0. The van der Waals surface area contributed by atoms with Crippen LogP contribution in [0.3, 0.4) is 0 Å². The number of rotatable bonds is 9. The van der Waals surface area contributed by atoms with Gasteiger partial charge in [0, 0.05) is 6.54 Å². The monoisotopic (exact) mass is 282 g/mol. The molecule has 2 amide bonds. The number of hydrogen-bond acceptors (Lipinski definition) is 4.